The number of hydrogen-bond donors (Lipinski definition) is 3. The molecule has 2 aliphatic heterocycles. The van der Waals surface area contributed by atoms with Crippen molar-refractivity contribution in [3.63, 3.8) is 0 Å². The molecule has 1 saturated carbocycles. The lowest BCUT2D eigenvalue weighted by molar-refractivity contribution is 0.0922. The van der Waals surface area contributed by atoms with Crippen molar-refractivity contribution >= 4 is 22.6 Å². The zero-order chi connectivity index (χ0) is 16.2. The van der Waals surface area contributed by atoms with E-state index in [-0.39, 0.29) is 5.17 Å². The van der Waals surface area contributed by atoms with Crippen molar-refractivity contribution in [2.24, 2.45) is 10.7 Å². The molecule has 1 fully saturated rings. The number of aromatic amines is 1. The van der Waals surface area contributed by atoms with Crippen LogP contribution in [0.2, 0.25) is 0 Å². The minimum absolute atomic E-state index is 0.275. The number of nitrogen functional groups attached to an aromatic ring is 1. The number of anilines is 1. The number of rotatable bonds is 3. The Morgan fingerprint density at radius 1 is 1.39 bits per heavy atom. The molecule has 0 amide bonds. The molecular formula is C14H14F2N6S. The topological polar surface area (TPSA) is 106 Å². The standard InChI is InChI=1S/C14H14F2N6S/c15-6-13-5-14(23-12(18)20-13,10-4-19-22-21-10)11(13)8-3-7(17)1-2-9(8)16/h1-4,11H,5-6,17H2,(H2,18,20)(H,19,21,22)/t11-,13?,14+/m0/s1. The summed E-state index contributed by atoms with van der Waals surface area (Å²) in [4.78, 5) is 4.30. The molecular weight excluding hydrogens is 322 g/mol. The number of aliphatic imine (C=N–C) groups is 1. The van der Waals surface area contributed by atoms with E-state index in [4.69, 9.17) is 11.5 Å². The first kappa shape index (κ1) is 14.4. The number of halogens is 2. The van der Waals surface area contributed by atoms with Gasteiger partial charge in [-0.3, -0.25) is 10.1 Å². The summed E-state index contributed by atoms with van der Waals surface area (Å²) in [7, 11) is 0. The van der Waals surface area contributed by atoms with Crippen LogP contribution in [0.1, 0.15) is 23.6 Å². The third-order valence-electron chi connectivity index (χ3n) is 4.60. The Labute approximate surface area is 134 Å². The summed E-state index contributed by atoms with van der Waals surface area (Å²) in [5.41, 5.74) is 12.0. The minimum Gasteiger partial charge on any atom is -0.399 e. The third kappa shape index (κ3) is 1.82. The Morgan fingerprint density at radius 2 is 2.22 bits per heavy atom. The van der Waals surface area contributed by atoms with Gasteiger partial charge in [0.25, 0.3) is 0 Å². The summed E-state index contributed by atoms with van der Waals surface area (Å²) in [6, 6.07) is 4.30. The molecule has 2 bridgehead atoms. The molecule has 2 aromatic rings. The highest BCUT2D eigenvalue weighted by Gasteiger charge is 2.70. The van der Waals surface area contributed by atoms with Gasteiger partial charge in [0.15, 0.2) is 5.17 Å². The molecule has 0 spiro atoms. The number of H-pyrrole nitrogens is 1. The monoisotopic (exact) mass is 336 g/mol. The average molecular weight is 336 g/mol. The van der Waals surface area contributed by atoms with Crippen molar-refractivity contribution in [1.82, 2.24) is 15.4 Å². The zero-order valence-electron chi connectivity index (χ0n) is 12.0. The van der Waals surface area contributed by atoms with Gasteiger partial charge in [-0.1, -0.05) is 17.0 Å². The fourth-order valence-corrected chi connectivity index (χ4v) is 5.36. The van der Waals surface area contributed by atoms with Gasteiger partial charge in [0.2, 0.25) is 0 Å². The van der Waals surface area contributed by atoms with Gasteiger partial charge < -0.3 is 11.5 Å². The fraction of sp³-hybridized carbons (Fsp3) is 0.357. The van der Waals surface area contributed by atoms with Gasteiger partial charge in [0.05, 0.1) is 10.4 Å². The zero-order valence-corrected chi connectivity index (χ0v) is 12.8. The Morgan fingerprint density at radius 3 is 2.91 bits per heavy atom. The number of nitrogens with zero attached hydrogens (tertiary/aromatic N) is 3. The van der Waals surface area contributed by atoms with Gasteiger partial charge in [-0.25, -0.2) is 8.78 Å². The van der Waals surface area contributed by atoms with Crippen molar-refractivity contribution in [1.29, 1.82) is 0 Å². The van der Waals surface area contributed by atoms with E-state index in [1.807, 2.05) is 0 Å². The Hall–Kier alpha value is -2.16. The Balaban J connectivity index is 1.93. The van der Waals surface area contributed by atoms with Crippen LogP contribution in [-0.4, -0.2) is 32.8 Å². The second kappa shape index (κ2) is 4.67. The van der Waals surface area contributed by atoms with Gasteiger partial charge in [-0.05, 0) is 30.2 Å². The number of thioether (sulfide) groups is 1. The van der Waals surface area contributed by atoms with E-state index in [9.17, 15) is 8.78 Å². The van der Waals surface area contributed by atoms with Crippen LogP contribution in [0.4, 0.5) is 14.5 Å². The molecule has 120 valence electrons. The number of amidine groups is 1. The highest BCUT2D eigenvalue weighted by molar-refractivity contribution is 8.14. The van der Waals surface area contributed by atoms with Crippen LogP contribution >= 0.6 is 11.8 Å². The number of fused-ring (bicyclic) bond motifs is 1. The Kier molecular flexibility index (Phi) is 2.93. The fourth-order valence-electron chi connectivity index (χ4n) is 3.77. The predicted molar refractivity (Wildman–Crippen MR) is 84.2 cm³/mol. The van der Waals surface area contributed by atoms with Crippen LogP contribution in [0.3, 0.4) is 0 Å². The smallest absolute Gasteiger partial charge is 0.155 e. The van der Waals surface area contributed by atoms with E-state index in [1.165, 1.54) is 30.0 Å². The predicted octanol–water partition coefficient (Wildman–Crippen LogP) is 1.68. The summed E-state index contributed by atoms with van der Waals surface area (Å²) in [6.07, 6.45) is 2.01. The maximum Gasteiger partial charge on any atom is 0.155 e. The number of nitrogens with two attached hydrogens (primary N) is 2. The van der Waals surface area contributed by atoms with E-state index in [1.54, 1.807) is 6.20 Å². The van der Waals surface area contributed by atoms with Gasteiger partial charge in [0, 0.05) is 17.8 Å². The minimum atomic E-state index is -1.08. The van der Waals surface area contributed by atoms with Crippen molar-refractivity contribution < 1.29 is 8.78 Å². The second-order valence-electron chi connectivity index (χ2n) is 5.93. The van der Waals surface area contributed by atoms with E-state index in [0.717, 1.165) is 0 Å². The van der Waals surface area contributed by atoms with Crippen LogP contribution in [0.5, 0.6) is 0 Å². The Bertz CT molecular complexity index is 795. The molecule has 0 radical (unpaired) electrons. The molecule has 1 aromatic carbocycles. The molecule has 5 N–H and O–H groups in total. The van der Waals surface area contributed by atoms with Gasteiger partial charge in [-0.2, -0.15) is 0 Å². The van der Waals surface area contributed by atoms with E-state index >= 15 is 0 Å². The van der Waals surface area contributed by atoms with Crippen molar-refractivity contribution in [3.05, 3.63) is 41.5 Å². The highest BCUT2D eigenvalue weighted by atomic mass is 32.2. The van der Waals surface area contributed by atoms with Crippen LogP contribution in [-0.2, 0) is 4.75 Å². The third-order valence-corrected chi connectivity index (χ3v) is 5.86. The molecule has 23 heavy (non-hydrogen) atoms. The highest BCUT2D eigenvalue weighted by Crippen LogP contribution is 2.69. The molecule has 3 atom stereocenters. The summed E-state index contributed by atoms with van der Waals surface area (Å²) >= 11 is 1.27. The molecule has 3 heterocycles. The first-order valence-corrected chi connectivity index (χ1v) is 7.84. The van der Waals surface area contributed by atoms with Crippen LogP contribution < -0.4 is 11.5 Å². The molecule has 3 aliphatic rings. The quantitative estimate of drug-likeness (QED) is 0.740. The number of benzene rings is 1. The lowest BCUT2D eigenvalue weighted by atomic mass is 9.55. The first-order chi connectivity index (χ1) is 11.0. The molecule has 6 nitrogen and oxygen atoms in total. The largest absolute Gasteiger partial charge is 0.399 e. The summed E-state index contributed by atoms with van der Waals surface area (Å²) in [5, 5.41) is 10.7. The van der Waals surface area contributed by atoms with Gasteiger partial charge in [0.1, 0.15) is 18.0 Å². The van der Waals surface area contributed by atoms with Gasteiger partial charge in [-0.15, -0.1) is 5.10 Å². The maximum absolute atomic E-state index is 14.5. The van der Waals surface area contributed by atoms with E-state index in [2.05, 4.69) is 20.4 Å². The molecule has 1 unspecified atom stereocenters. The number of alkyl halides is 1. The van der Waals surface area contributed by atoms with Crippen LogP contribution in [0.25, 0.3) is 0 Å². The molecule has 9 heteroatoms. The normalized spacial score (nSPS) is 32.3. The number of aromatic nitrogens is 3. The van der Waals surface area contributed by atoms with Crippen LogP contribution in [0.15, 0.2) is 29.4 Å². The number of hydrogen-bond acceptors (Lipinski definition) is 6. The van der Waals surface area contributed by atoms with E-state index < -0.39 is 28.7 Å². The van der Waals surface area contributed by atoms with Crippen LogP contribution in [0, 0.1) is 5.82 Å². The molecule has 0 saturated heterocycles. The lowest BCUT2D eigenvalue weighted by Gasteiger charge is -2.61. The summed E-state index contributed by atoms with van der Waals surface area (Å²) in [5.74, 6) is -0.989. The summed E-state index contributed by atoms with van der Waals surface area (Å²) in [6.45, 7) is -0.729. The SMILES string of the molecule is NC1=NC2(CF)C[C@](c3c[nH]nn3)(S1)[C@H]2c1cc(N)ccc1F. The molecule has 5 rings (SSSR count). The van der Waals surface area contributed by atoms with Gasteiger partial charge >= 0.3 is 0 Å². The van der Waals surface area contributed by atoms with Crippen molar-refractivity contribution in [2.75, 3.05) is 12.4 Å². The van der Waals surface area contributed by atoms with Crippen molar-refractivity contribution in [2.45, 2.75) is 22.6 Å². The maximum atomic E-state index is 14.5. The lowest BCUT2D eigenvalue weighted by Crippen LogP contribution is -2.65. The first-order valence-electron chi connectivity index (χ1n) is 7.03. The number of nitrogens with one attached hydrogen (secondary N) is 1. The van der Waals surface area contributed by atoms with Crippen molar-refractivity contribution in [3.8, 4) is 0 Å². The van der Waals surface area contributed by atoms with E-state index in [0.29, 0.717) is 23.4 Å². The molecule has 1 aliphatic carbocycles. The second-order valence-corrected chi connectivity index (χ2v) is 7.28. The molecule has 1 aromatic heterocycles. The summed E-state index contributed by atoms with van der Waals surface area (Å²) < 4.78 is 27.6. The average Bonchev–Trinajstić information content (AvgIpc) is 3.04.